The molecule has 0 fully saturated rings. The van der Waals surface area contributed by atoms with Crippen molar-refractivity contribution in [1.82, 2.24) is 10.6 Å². The topological polar surface area (TPSA) is 145 Å². The Hall–Kier alpha value is -4.37. The van der Waals surface area contributed by atoms with Gasteiger partial charge in [-0.15, -0.1) is 0 Å². The maximum absolute atomic E-state index is 12.8. The molecule has 0 aromatic heterocycles. The van der Waals surface area contributed by atoms with E-state index in [1.54, 1.807) is 12.1 Å². The summed E-state index contributed by atoms with van der Waals surface area (Å²) in [4.78, 5) is 36.8. The summed E-state index contributed by atoms with van der Waals surface area (Å²) in [5.41, 5.74) is 4.85. The van der Waals surface area contributed by atoms with Crippen LogP contribution in [0.25, 0.3) is 11.1 Å². The number of benzene rings is 3. The third-order valence-corrected chi connectivity index (χ3v) is 6.13. The van der Waals surface area contributed by atoms with Crippen molar-refractivity contribution in [2.75, 3.05) is 13.2 Å². The SMILES string of the molecule is O=C(N[C@@H](Cc1ccc(O)cc1)C(=O)N[C@@H](CO)C(=O)O)OCC1c2ccccc2-c2ccccc21. The van der Waals surface area contributed by atoms with Crippen LogP contribution in [0.2, 0.25) is 0 Å². The number of amides is 2. The second-order valence-corrected chi connectivity index (χ2v) is 8.48. The highest BCUT2D eigenvalue weighted by Gasteiger charge is 2.30. The van der Waals surface area contributed by atoms with Gasteiger partial charge in [0.2, 0.25) is 5.91 Å². The molecule has 0 saturated carbocycles. The van der Waals surface area contributed by atoms with Crippen LogP contribution in [0.1, 0.15) is 22.6 Å². The van der Waals surface area contributed by atoms with Crippen LogP contribution in [0.4, 0.5) is 4.79 Å². The maximum atomic E-state index is 12.8. The molecule has 36 heavy (non-hydrogen) atoms. The summed E-state index contributed by atoms with van der Waals surface area (Å²) < 4.78 is 5.52. The van der Waals surface area contributed by atoms with Gasteiger partial charge in [-0.25, -0.2) is 9.59 Å². The largest absolute Gasteiger partial charge is 0.508 e. The Kier molecular flexibility index (Phi) is 7.50. The van der Waals surface area contributed by atoms with E-state index in [1.807, 2.05) is 48.5 Å². The Bertz CT molecular complexity index is 1210. The van der Waals surface area contributed by atoms with Gasteiger partial charge in [0.1, 0.15) is 24.4 Å². The summed E-state index contributed by atoms with van der Waals surface area (Å²) in [6.45, 7) is -0.764. The number of carbonyl (C=O) groups excluding carboxylic acids is 2. The number of aliphatic hydroxyl groups is 1. The molecular weight excluding hydrogens is 464 g/mol. The maximum Gasteiger partial charge on any atom is 0.407 e. The van der Waals surface area contributed by atoms with E-state index in [9.17, 15) is 24.6 Å². The van der Waals surface area contributed by atoms with Crippen molar-refractivity contribution >= 4 is 18.0 Å². The van der Waals surface area contributed by atoms with E-state index in [-0.39, 0.29) is 24.7 Å². The van der Waals surface area contributed by atoms with E-state index in [0.717, 1.165) is 22.3 Å². The molecule has 5 N–H and O–H groups in total. The summed E-state index contributed by atoms with van der Waals surface area (Å²) in [5.74, 6) is -2.33. The zero-order valence-electron chi connectivity index (χ0n) is 19.3. The molecule has 4 rings (SSSR count). The lowest BCUT2D eigenvalue weighted by Gasteiger charge is -2.21. The van der Waals surface area contributed by atoms with Gasteiger partial charge in [0.25, 0.3) is 0 Å². The molecule has 1 aliphatic carbocycles. The van der Waals surface area contributed by atoms with Gasteiger partial charge in [-0.3, -0.25) is 4.79 Å². The Morgan fingerprint density at radius 2 is 1.42 bits per heavy atom. The van der Waals surface area contributed by atoms with Crippen molar-refractivity contribution in [3.63, 3.8) is 0 Å². The lowest BCUT2D eigenvalue weighted by Crippen LogP contribution is -2.53. The minimum atomic E-state index is -1.52. The van der Waals surface area contributed by atoms with Crippen molar-refractivity contribution < 1.29 is 34.4 Å². The van der Waals surface area contributed by atoms with Gasteiger partial charge in [-0.2, -0.15) is 0 Å². The number of aromatic hydroxyl groups is 1. The fourth-order valence-electron chi connectivity index (χ4n) is 4.32. The van der Waals surface area contributed by atoms with Crippen LogP contribution in [-0.2, 0) is 20.7 Å². The zero-order chi connectivity index (χ0) is 25.7. The molecule has 186 valence electrons. The van der Waals surface area contributed by atoms with Crippen LogP contribution in [0.3, 0.4) is 0 Å². The number of nitrogens with one attached hydrogen (secondary N) is 2. The highest BCUT2D eigenvalue weighted by Crippen LogP contribution is 2.44. The van der Waals surface area contributed by atoms with Crippen molar-refractivity contribution in [2.45, 2.75) is 24.4 Å². The summed E-state index contributed by atoms with van der Waals surface area (Å²) in [7, 11) is 0. The van der Waals surface area contributed by atoms with Gasteiger partial charge in [-0.05, 0) is 39.9 Å². The fourth-order valence-corrected chi connectivity index (χ4v) is 4.32. The van der Waals surface area contributed by atoms with Gasteiger partial charge < -0.3 is 30.7 Å². The highest BCUT2D eigenvalue weighted by molar-refractivity contribution is 5.89. The Labute approximate surface area is 207 Å². The molecule has 3 aromatic carbocycles. The minimum Gasteiger partial charge on any atom is -0.508 e. The summed E-state index contributed by atoms with van der Waals surface area (Å²) in [6.07, 6.45) is -0.833. The number of fused-ring (bicyclic) bond motifs is 3. The first-order chi connectivity index (χ1) is 17.4. The predicted octanol–water partition coefficient (Wildman–Crippen LogP) is 2.40. The van der Waals surface area contributed by atoms with Crippen LogP contribution < -0.4 is 10.6 Å². The molecule has 0 spiro atoms. The Morgan fingerprint density at radius 3 is 1.97 bits per heavy atom. The quantitative estimate of drug-likeness (QED) is 0.310. The zero-order valence-corrected chi connectivity index (χ0v) is 19.3. The van der Waals surface area contributed by atoms with Crippen LogP contribution >= 0.6 is 0 Å². The number of hydrogen-bond acceptors (Lipinski definition) is 6. The van der Waals surface area contributed by atoms with Crippen molar-refractivity contribution in [2.24, 2.45) is 0 Å². The second-order valence-electron chi connectivity index (χ2n) is 8.48. The molecule has 1 aliphatic rings. The van der Waals surface area contributed by atoms with Crippen LogP contribution in [0.5, 0.6) is 5.75 Å². The number of ether oxygens (including phenoxy) is 1. The average molecular weight is 491 g/mol. The number of alkyl carbamates (subject to hydrolysis) is 1. The molecule has 0 saturated heterocycles. The number of phenols is 1. The standard InChI is InChI=1S/C27H26N2O7/c30-14-24(26(33)34)28-25(32)23(13-16-9-11-17(31)12-10-16)29-27(35)36-15-22-20-7-3-1-5-18(20)19-6-2-4-8-21(19)22/h1-12,22-24,30-31H,13-15H2,(H,28,32)(H,29,35)(H,33,34)/t23-,24-/m0/s1. The monoisotopic (exact) mass is 490 g/mol. The summed E-state index contributed by atoms with van der Waals surface area (Å²) in [5, 5.41) is 32.7. The van der Waals surface area contributed by atoms with Crippen molar-refractivity contribution in [1.29, 1.82) is 0 Å². The van der Waals surface area contributed by atoms with E-state index in [4.69, 9.17) is 9.84 Å². The number of carboxylic acids is 1. The van der Waals surface area contributed by atoms with Gasteiger partial charge in [0.15, 0.2) is 0 Å². The van der Waals surface area contributed by atoms with E-state index in [2.05, 4.69) is 10.6 Å². The van der Waals surface area contributed by atoms with Crippen LogP contribution in [0, 0.1) is 0 Å². The summed E-state index contributed by atoms with van der Waals surface area (Å²) in [6, 6.07) is 19.1. The molecule has 0 bridgehead atoms. The molecular formula is C27H26N2O7. The van der Waals surface area contributed by atoms with E-state index >= 15 is 0 Å². The Morgan fingerprint density at radius 1 is 0.833 bits per heavy atom. The van der Waals surface area contributed by atoms with Crippen LogP contribution in [-0.4, -0.2) is 58.6 Å². The number of aliphatic hydroxyl groups excluding tert-OH is 1. The molecule has 2 amide bonds. The van der Waals surface area contributed by atoms with Crippen molar-refractivity contribution in [3.05, 3.63) is 89.5 Å². The smallest absolute Gasteiger partial charge is 0.407 e. The molecule has 3 aromatic rings. The lowest BCUT2D eigenvalue weighted by atomic mass is 9.98. The number of phenolic OH excluding ortho intramolecular Hbond substituents is 1. The third-order valence-electron chi connectivity index (χ3n) is 6.13. The molecule has 0 heterocycles. The van der Waals surface area contributed by atoms with E-state index < -0.39 is 36.7 Å². The molecule has 2 atom stereocenters. The van der Waals surface area contributed by atoms with Gasteiger partial charge in [0.05, 0.1) is 6.61 Å². The lowest BCUT2D eigenvalue weighted by molar-refractivity contribution is -0.143. The fraction of sp³-hybridized carbons (Fsp3) is 0.222. The first-order valence-corrected chi connectivity index (χ1v) is 11.4. The molecule has 9 heteroatoms. The first-order valence-electron chi connectivity index (χ1n) is 11.4. The molecule has 0 radical (unpaired) electrons. The molecule has 0 unspecified atom stereocenters. The number of carboxylic acid groups (broad SMARTS) is 1. The number of hydrogen-bond donors (Lipinski definition) is 5. The second kappa shape index (κ2) is 10.9. The average Bonchev–Trinajstić information content (AvgIpc) is 3.20. The first kappa shape index (κ1) is 24.7. The van der Waals surface area contributed by atoms with E-state index in [0.29, 0.717) is 5.56 Å². The molecule has 9 nitrogen and oxygen atoms in total. The number of aliphatic carboxylic acids is 1. The third kappa shape index (κ3) is 5.47. The van der Waals surface area contributed by atoms with Crippen LogP contribution in [0.15, 0.2) is 72.8 Å². The normalized spacial score (nSPS) is 13.7. The molecule has 0 aliphatic heterocycles. The Balaban J connectivity index is 1.47. The predicted molar refractivity (Wildman–Crippen MR) is 130 cm³/mol. The van der Waals surface area contributed by atoms with Gasteiger partial charge in [-0.1, -0.05) is 60.7 Å². The number of carbonyl (C=O) groups is 3. The highest BCUT2D eigenvalue weighted by atomic mass is 16.5. The van der Waals surface area contributed by atoms with E-state index in [1.165, 1.54) is 12.1 Å². The van der Waals surface area contributed by atoms with Gasteiger partial charge >= 0.3 is 12.1 Å². The summed E-state index contributed by atoms with van der Waals surface area (Å²) >= 11 is 0. The number of rotatable bonds is 9. The minimum absolute atomic E-state index is 0.00801. The van der Waals surface area contributed by atoms with Crippen molar-refractivity contribution in [3.8, 4) is 16.9 Å². The van der Waals surface area contributed by atoms with Gasteiger partial charge in [0, 0.05) is 12.3 Å².